The number of allylic oxidation sites excluding steroid dienone is 1. The molecule has 0 saturated carbocycles. The third kappa shape index (κ3) is 2.43. The van der Waals surface area contributed by atoms with Crippen LogP contribution >= 0.6 is 0 Å². The molecule has 5 nitrogen and oxygen atoms in total. The number of carboxylic acid groups (broad SMARTS) is 1. The van der Waals surface area contributed by atoms with E-state index in [-0.39, 0.29) is 12.5 Å². The number of carboxylic acids is 1. The summed E-state index contributed by atoms with van der Waals surface area (Å²) in [6.07, 6.45) is 7.25. The minimum absolute atomic E-state index is 0.194. The molecule has 0 aliphatic carbocycles. The number of carbonyl (C=O) groups is 1. The van der Waals surface area contributed by atoms with Crippen molar-refractivity contribution in [2.75, 3.05) is 6.54 Å². The van der Waals surface area contributed by atoms with E-state index < -0.39 is 5.97 Å². The summed E-state index contributed by atoms with van der Waals surface area (Å²) in [6, 6.07) is 0.194. The zero-order chi connectivity index (χ0) is 10.7. The maximum atomic E-state index is 10.3. The van der Waals surface area contributed by atoms with Gasteiger partial charge in [-0.1, -0.05) is 0 Å². The second kappa shape index (κ2) is 4.25. The highest BCUT2D eigenvalue weighted by atomic mass is 16.4. The summed E-state index contributed by atoms with van der Waals surface area (Å²) in [5, 5.41) is 8.51. The van der Waals surface area contributed by atoms with Gasteiger partial charge in [-0.15, -0.1) is 0 Å². The van der Waals surface area contributed by atoms with E-state index in [0.717, 1.165) is 18.9 Å². The molecule has 1 N–H and O–H groups in total. The topological polar surface area (TPSA) is 65.3 Å². The zero-order valence-corrected chi connectivity index (χ0v) is 8.33. The average molecular weight is 207 g/mol. The van der Waals surface area contributed by atoms with E-state index in [2.05, 4.69) is 9.98 Å². The lowest BCUT2D eigenvalue weighted by Gasteiger charge is -2.14. The zero-order valence-electron chi connectivity index (χ0n) is 8.33. The van der Waals surface area contributed by atoms with Crippen LogP contribution in [0.5, 0.6) is 0 Å². The highest BCUT2D eigenvalue weighted by molar-refractivity contribution is 5.95. The molecule has 15 heavy (non-hydrogen) atoms. The standard InChI is InChI=1S/C10H13N3O2/c14-9(15)4-1-3-8-7-13-6-2-5-11-10(13)12-8/h2,5-6,8H,1,3-4,7H2,(H,14,15). The van der Waals surface area contributed by atoms with Crippen molar-refractivity contribution in [3.63, 3.8) is 0 Å². The van der Waals surface area contributed by atoms with Crippen LogP contribution in [0.3, 0.4) is 0 Å². The average Bonchev–Trinajstić information content (AvgIpc) is 2.59. The van der Waals surface area contributed by atoms with Crippen molar-refractivity contribution in [1.29, 1.82) is 0 Å². The number of hydrogen-bond acceptors (Lipinski definition) is 4. The first kappa shape index (κ1) is 9.89. The number of hydrogen-bond donors (Lipinski definition) is 1. The van der Waals surface area contributed by atoms with Gasteiger partial charge in [-0.2, -0.15) is 0 Å². The molecule has 0 aromatic heterocycles. The van der Waals surface area contributed by atoms with Crippen LogP contribution in [-0.2, 0) is 4.79 Å². The fourth-order valence-electron chi connectivity index (χ4n) is 1.72. The molecular weight excluding hydrogens is 194 g/mol. The first-order valence-electron chi connectivity index (χ1n) is 5.03. The van der Waals surface area contributed by atoms with E-state index in [1.165, 1.54) is 0 Å². The van der Waals surface area contributed by atoms with E-state index >= 15 is 0 Å². The molecular formula is C10H13N3O2. The lowest BCUT2D eigenvalue weighted by Crippen LogP contribution is -2.24. The molecule has 0 spiro atoms. The Morgan fingerprint density at radius 3 is 3.27 bits per heavy atom. The van der Waals surface area contributed by atoms with Crippen LogP contribution in [0.25, 0.3) is 0 Å². The quantitative estimate of drug-likeness (QED) is 0.744. The Bertz CT molecular complexity index is 347. The van der Waals surface area contributed by atoms with Crippen LogP contribution in [0.1, 0.15) is 19.3 Å². The molecule has 2 heterocycles. The van der Waals surface area contributed by atoms with E-state index in [9.17, 15) is 4.79 Å². The summed E-state index contributed by atoms with van der Waals surface area (Å²) >= 11 is 0. The number of guanidine groups is 1. The Labute approximate surface area is 87.8 Å². The van der Waals surface area contributed by atoms with Gasteiger partial charge in [-0.25, -0.2) is 9.98 Å². The Hall–Kier alpha value is -1.65. The second-order valence-corrected chi connectivity index (χ2v) is 3.64. The molecule has 80 valence electrons. The molecule has 0 aromatic carbocycles. The summed E-state index contributed by atoms with van der Waals surface area (Å²) in [4.78, 5) is 20.9. The van der Waals surface area contributed by atoms with Crippen molar-refractivity contribution in [2.24, 2.45) is 9.98 Å². The van der Waals surface area contributed by atoms with Gasteiger partial charge in [0.25, 0.3) is 0 Å². The highest BCUT2D eigenvalue weighted by Gasteiger charge is 2.23. The van der Waals surface area contributed by atoms with Crippen LogP contribution in [0.4, 0.5) is 0 Å². The van der Waals surface area contributed by atoms with Gasteiger partial charge < -0.3 is 10.0 Å². The molecule has 0 aromatic rings. The summed E-state index contributed by atoms with van der Waals surface area (Å²) in [6.45, 7) is 0.822. The first-order valence-corrected chi connectivity index (χ1v) is 5.03. The van der Waals surface area contributed by atoms with Crippen molar-refractivity contribution in [2.45, 2.75) is 25.3 Å². The number of rotatable bonds is 4. The summed E-state index contributed by atoms with van der Waals surface area (Å²) < 4.78 is 0. The second-order valence-electron chi connectivity index (χ2n) is 3.64. The van der Waals surface area contributed by atoms with Crippen molar-refractivity contribution >= 4 is 18.1 Å². The van der Waals surface area contributed by atoms with Gasteiger partial charge in [-0.05, 0) is 18.9 Å². The van der Waals surface area contributed by atoms with Crippen LogP contribution in [0.2, 0.25) is 0 Å². The van der Waals surface area contributed by atoms with Gasteiger partial charge in [0.15, 0.2) is 0 Å². The molecule has 0 amide bonds. The van der Waals surface area contributed by atoms with Crippen LogP contribution in [-0.4, -0.2) is 40.7 Å². The number of aliphatic imine (C=N–C) groups is 2. The minimum atomic E-state index is -0.740. The van der Waals surface area contributed by atoms with Gasteiger partial charge in [0.1, 0.15) is 0 Å². The molecule has 0 fully saturated rings. The maximum Gasteiger partial charge on any atom is 0.303 e. The normalized spacial score (nSPS) is 22.8. The Morgan fingerprint density at radius 2 is 2.53 bits per heavy atom. The van der Waals surface area contributed by atoms with Crippen LogP contribution < -0.4 is 0 Å². The molecule has 0 bridgehead atoms. The van der Waals surface area contributed by atoms with Gasteiger partial charge >= 0.3 is 5.97 Å². The largest absolute Gasteiger partial charge is 0.481 e. The molecule has 2 aliphatic rings. The fourth-order valence-corrected chi connectivity index (χ4v) is 1.72. The first-order chi connectivity index (χ1) is 7.25. The van der Waals surface area contributed by atoms with Gasteiger partial charge in [-0.3, -0.25) is 4.79 Å². The van der Waals surface area contributed by atoms with Crippen LogP contribution in [0, 0.1) is 0 Å². The number of fused-ring (bicyclic) bond motifs is 1. The molecule has 1 unspecified atom stereocenters. The molecule has 2 rings (SSSR count). The van der Waals surface area contributed by atoms with Gasteiger partial charge in [0.05, 0.1) is 6.04 Å². The minimum Gasteiger partial charge on any atom is -0.481 e. The SMILES string of the molecule is O=C(O)CCCC1CN2C=CC=NC2=N1. The third-order valence-corrected chi connectivity index (χ3v) is 2.43. The van der Waals surface area contributed by atoms with E-state index in [1.54, 1.807) is 6.21 Å². The smallest absolute Gasteiger partial charge is 0.303 e. The Morgan fingerprint density at radius 1 is 1.67 bits per heavy atom. The van der Waals surface area contributed by atoms with Crippen molar-refractivity contribution in [1.82, 2.24) is 4.90 Å². The van der Waals surface area contributed by atoms with E-state index in [0.29, 0.717) is 6.42 Å². The molecule has 2 aliphatic heterocycles. The van der Waals surface area contributed by atoms with E-state index in [1.807, 2.05) is 17.2 Å². The van der Waals surface area contributed by atoms with Crippen LogP contribution in [0.15, 0.2) is 22.3 Å². The molecule has 5 heteroatoms. The fraction of sp³-hybridized carbons (Fsp3) is 0.500. The molecule has 0 radical (unpaired) electrons. The maximum absolute atomic E-state index is 10.3. The Kier molecular flexibility index (Phi) is 2.80. The van der Waals surface area contributed by atoms with Crippen molar-refractivity contribution in [3.05, 3.63) is 12.3 Å². The summed E-state index contributed by atoms with van der Waals surface area (Å²) in [7, 11) is 0. The number of nitrogens with zero attached hydrogens (tertiary/aromatic N) is 3. The summed E-state index contributed by atoms with van der Waals surface area (Å²) in [5.41, 5.74) is 0. The summed E-state index contributed by atoms with van der Waals surface area (Å²) in [5.74, 6) is 0.00844. The molecule has 0 saturated heterocycles. The van der Waals surface area contributed by atoms with Gasteiger partial charge in [0, 0.05) is 25.4 Å². The highest BCUT2D eigenvalue weighted by Crippen LogP contribution is 2.17. The van der Waals surface area contributed by atoms with Crippen molar-refractivity contribution < 1.29 is 9.90 Å². The van der Waals surface area contributed by atoms with Crippen molar-refractivity contribution in [3.8, 4) is 0 Å². The van der Waals surface area contributed by atoms with Gasteiger partial charge in [0.2, 0.25) is 5.96 Å². The Balaban J connectivity index is 1.82. The lowest BCUT2D eigenvalue weighted by atomic mass is 10.1. The molecule has 1 atom stereocenters. The van der Waals surface area contributed by atoms with E-state index in [4.69, 9.17) is 5.11 Å². The third-order valence-electron chi connectivity index (χ3n) is 2.43. The predicted octanol–water partition coefficient (Wildman–Crippen LogP) is 0.880. The number of aliphatic carboxylic acids is 1. The monoisotopic (exact) mass is 207 g/mol. The predicted molar refractivity (Wildman–Crippen MR) is 57.0 cm³/mol. The lowest BCUT2D eigenvalue weighted by molar-refractivity contribution is -0.137.